The Bertz CT molecular complexity index is 713. The van der Waals surface area contributed by atoms with Crippen molar-refractivity contribution in [3.63, 3.8) is 0 Å². The average Bonchev–Trinajstić information content (AvgIpc) is 2.90. The molecule has 0 radical (unpaired) electrons. The molecule has 0 bridgehead atoms. The summed E-state index contributed by atoms with van der Waals surface area (Å²) in [6, 6.07) is 5.01. The largest absolute Gasteiger partial charge is 0.494 e. The van der Waals surface area contributed by atoms with Crippen molar-refractivity contribution in [2.75, 3.05) is 23.8 Å². The Morgan fingerprint density at radius 3 is 2.67 bits per heavy atom. The van der Waals surface area contributed by atoms with Crippen LogP contribution < -0.4 is 15.4 Å². The maximum absolute atomic E-state index is 13.1. The molecule has 0 atom stereocenters. The van der Waals surface area contributed by atoms with Crippen molar-refractivity contribution in [3.8, 4) is 5.75 Å². The number of hydrogen-bond acceptors (Lipinski definition) is 5. The van der Waals surface area contributed by atoms with Crippen LogP contribution in [-0.4, -0.2) is 24.2 Å². The Kier molecular flexibility index (Phi) is 5.32. The van der Waals surface area contributed by atoms with Crippen LogP contribution in [0.5, 0.6) is 5.75 Å². The van der Waals surface area contributed by atoms with Gasteiger partial charge in [-0.1, -0.05) is 5.16 Å². The quantitative estimate of drug-likeness (QED) is 0.840. The first kappa shape index (κ1) is 17.6. The minimum Gasteiger partial charge on any atom is -0.494 e. The lowest BCUT2D eigenvalue weighted by molar-refractivity contribution is -0.137. The first-order valence-corrected chi connectivity index (χ1v) is 7.10. The number of nitrogens with one attached hydrogen (secondary N) is 2. The first-order chi connectivity index (χ1) is 11.3. The number of amides is 1. The first-order valence-electron chi connectivity index (χ1n) is 7.10. The number of rotatable bonds is 6. The zero-order chi connectivity index (χ0) is 17.7. The van der Waals surface area contributed by atoms with Gasteiger partial charge in [0.2, 0.25) is 11.8 Å². The number of aromatic nitrogens is 1. The topological polar surface area (TPSA) is 76.4 Å². The Balaban J connectivity index is 2.06. The molecular formula is C15H16F3N3O3. The molecule has 2 rings (SSSR count). The van der Waals surface area contributed by atoms with E-state index in [4.69, 9.17) is 9.26 Å². The number of aryl methyl sites for hydroxylation is 1. The fourth-order valence-corrected chi connectivity index (χ4v) is 1.95. The number of carbonyl (C=O) groups is 1. The van der Waals surface area contributed by atoms with Gasteiger partial charge < -0.3 is 14.6 Å². The molecule has 6 nitrogen and oxygen atoms in total. The zero-order valence-corrected chi connectivity index (χ0v) is 13.0. The van der Waals surface area contributed by atoms with Crippen molar-refractivity contribution in [1.29, 1.82) is 0 Å². The van der Waals surface area contributed by atoms with Crippen LogP contribution in [0.15, 0.2) is 28.8 Å². The van der Waals surface area contributed by atoms with E-state index in [-0.39, 0.29) is 30.5 Å². The van der Waals surface area contributed by atoms with Crippen molar-refractivity contribution >= 4 is 17.5 Å². The summed E-state index contributed by atoms with van der Waals surface area (Å²) in [7, 11) is 0. The van der Waals surface area contributed by atoms with E-state index in [1.54, 1.807) is 13.8 Å². The van der Waals surface area contributed by atoms with Crippen LogP contribution >= 0.6 is 0 Å². The van der Waals surface area contributed by atoms with Crippen LogP contribution in [-0.2, 0) is 11.0 Å². The minimum atomic E-state index is -4.58. The third-order valence-corrected chi connectivity index (χ3v) is 2.94. The SMILES string of the molecule is CCOc1ccc(NCC(=O)Nc2cc(C)no2)c(C(F)(F)F)c1. The maximum atomic E-state index is 13.1. The van der Waals surface area contributed by atoms with Crippen LogP contribution in [0.25, 0.3) is 0 Å². The molecule has 0 aliphatic rings. The van der Waals surface area contributed by atoms with Crippen molar-refractivity contribution < 1.29 is 27.2 Å². The van der Waals surface area contributed by atoms with Crippen LogP contribution in [0.3, 0.4) is 0 Å². The number of benzene rings is 1. The highest BCUT2D eigenvalue weighted by atomic mass is 19.4. The average molecular weight is 343 g/mol. The minimum absolute atomic E-state index is 0.108. The summed E-state index contributed by atoms with van der Waals surface area (Å²) in [6.07, 6.45) is -4.58. The maximum Gasteiger partial charge on any atom is 0.418 e. The molecule has 0 saturated heterocycles. The number of nitrogens with zero attached hydrogens (tertiary/aromatic N) is 1. The van der Waals surface area contributed by atoms with E-state index in [1.807, 2.05) is 0 Å². The van der Waals surface area contributed by atoms with Gasteiger partial charge in [-0.25, -0.2) is 0 Å². The lowest BCUT2D eigenvalue weighted by atomic mass is 10.1. The Hall–Kier alpha value is -2.71. The monoisotopic (exact) mass is 343 g/mol. The van der Waals surface area contributed by atoms with Crippen molar-refractivity contribution in [2.24, 2.45) is 0 Å². The molecule has 130 valence electrons. The van der Waals surface area contributed by atoms with E-state index in [0.29, 0.717) is 5.69 Å². The van der Waals surface area contributed by atoms with Gasteiger partial charge in [0, 0.05) is 11.8 Å². The molecule has 0 aliphatic heterocycles. The van der Waals surface area contributed by atoms with Crippen LogP contribution in [0.4, 0.5) is 24.7 Å². The molecule has 2 N–H and O–H groups in total. The van der Waals surface area contributed by atoms with Gasteiger partial charge in [0.25, 0.3) is 0 Å². The van der Waals surface area contributed by atoms with E-state index in [2.05, 4.69) is 15.8 Å². The highest BCUT2D eigenvalue weighted by Crippen LogP contribution is 2.37. The summed E-state index contributed by atoms with van der Waals surface area (Å²) in [4.78, 5) is 11.8. The van der Waals surface area contributed by atoms with Crippen LogP contribution in [0.2, 0.25) is 0 Å². The lowest BCUT2D eigenvalue weighted by Crippen LogP contribution is -2.23. The summed E-state index contributed by atoms with van der Waals surface area (Å²) < 4.78 is 49.2. The second-order valence-electron chi connectivity index (χ2n) is 4.87. The molecule has 24 heavy (non-hydrogen) atoms. The van der Waals surface area contributed by atoms with Gasteiger partial charge in [-0.05, 0) is 32.0 Å². The van der Waals surface area contributed by atoms with E-state index >= 15 is 0 Å². The van der Waals surface area contributed by atoms with Gasteiger partial charge in [0.05, 0.1) is 24.4 Å². The van der Waals surface area contributed by atoms with Gasteiger partial charge in [-0.2, -0.15) is 13.2 Å². The molecule has 0 unspecified atom stereocenters. The summed E-state index contributed by atoms with van der Waals surface area (Å²) in [6.45, 7) is 3.24. The third kappa shape index (κ3) is 4.64. The second-order valence-corrected chi connectivity index (χ2v) is 4.87. The summed E-state index contributed by atoms with van der Waals surface area (Å²) in [5.74, 6) is -0.327. The molecule has 1 aromatic carbocycles. The summed E-state index contributed by atoms with van der Waals surface area (Å²) >= 11 is 0. The molecule has 0 spiro atoms. The number of carbonyl (C=O) groups excluding carboxylic acids is 1. The molecule has 9 heteroatoms. The summed E-state index contributed by atoms with van der Waals surface area (Å²) in [5.41, 5.74) is -0.546. The standard InChI is InChI=1S/C15H16F3N3O3/c1-3-23-10-4-5-12(11(7-10)15(16,17)18)19-8-13(22)20-14-6-9(2)21-24-14/h4-7,19H,3,8H2,1-2H3,(H,20,22). The molecule has 1 amide bonds. The fraction of sp³-hybridized carbons (Fsp3) is 0.333. The van der Waals surface area contributed by atoms with Crippen molar-refractivity contribution in [3.05, 3.63) is 35.5 Å². The highest BCUT2D eigenvalue weighted by Gasteiger charge is 2.34. The number of halogens is 3. The van der Waals surface area contributed by atoms with Gasteiger partial charge in [0.1, 0.15) is 5.75 Å². The van der Waals surface area contributed by atoms with Gasteiger partial charge in [0.15, 0.2) is 0 Å². The number of hydrogen-bond donors (Lipinski definition) is 2. The highest BCUT2D eigenvalue weighted by molar-refractivity contribution is 5.92. The molecule has 1 aromatic heterocycles. The van der Waals surface area contributed by atoms with E-state index < -0.39 is 17.6 Å². The predicted molar refractivity (Wildman–Crippen MR) is 81.0 cm³/mol. The molecule has 0 aliphatic carbocycles. The van der Waals surface area contributed by atoms with Gasteiger partial charge >= 0.3 is 6.18 Å². The normalized spacial score (nSPS) is 11.2. The third-order valence-electron chi connectivity index (χ3n) is 2.94. The van der Waals surface area contributed by atoms with Crippen molar-refractivity contribution in [2.45, 2.75) is 20.0 Å². The Morgan fingerprint density at radius 2 is 2.08 bits per heavy atom. The number of ether oxygens (including phenoxy) is 1. The lowest BCUT2D eigenvalue weighted by Gasteiger charge is -2.15. The zero-order valence-electron chi connectivity index (χ0n) is 13.0. The van der Waals surface area contributed by atoms with Crippen LogP contribution in [0, 0.1) is 6.92 Å². The predicted octanol–water partition coefficient (Wildman–Crippen LogP) is 3.45. The molecular weight excluding hydrogens is 327 g/mol. The summed E-state index contributed by atoms with van der Waals surface area (Å²) in [5, 5.41) is 8.44. The molecule has 0 saturated carbocycles. The second kappa shape index (κ2) is 7.24. The number of anilines is 2. The number of alkyl halides is 3. The smallest absolute Gasteiger partial charge is 0.418 e. The van der Waals surface area contributed by atoms with E-state index in [0.717, 1.165) is 6.07 Å². The Morgan fingerprint density at radius 1 is 1.33 bits per heavy atom. The van der Waals surface area contributed by atoms with E-state index in [1.165, 1.54) is 18.2 Å². The molecule has 0 fully saturated rings. The van der Waals surface area contributed by atoms with Crippen molar-refractivity contribution in [1.82, 2.24) is 5.16 Å². The van der Waals surface area contributed by atoms with E-state index in [9.17, 15) is 18.0 Å². The van der Waals surface area contributed by atoms with Gasteiger partial charge in [-0.3, -0.25) is 10.1 Å². The Labute approximate surface area is 136 Å². The van der Waals surface area contributed by atoms with Gasteiger partial charge in [-0.15, -0.1) is 0 Å². The molecule has 1 heterocycles. The molecule has 2 aromatic rings. The fourth-order valence-electron chi connectivity index (χ4n) is 1.95. The van der Waals surface area contributed by atoms with Crippen LogP contribution in [0.1, 0.15) is 18.2 Å².